The van der Waals surface area contributed by atoms with Crippen LogP contribution in [0.5, 0.6) is 0 Å². The summed E-state index contributed by atoms with van der Waals surface area (Å²) in [6.45, 7) is 13.1. The van der Waals surface area contributed by atoms with Crippen molar-refractivity contribution >= 4 is 6.21 Å². The highest BCUT2D eigenvalue weighted by atomic mass is 16.5. The minimum absolute atomic E-state index is 0.392. The summed E-state index contributed by atoms with van der Waals surface area (Å²) in [5.41, 5.74) is -0.515. The highest BCUT2D eigenvalue weighted by Gasteiger charge is 2.32. The molecule has 160 valence electrons. The number of aliphatic hydroxyl groups is 1. The number of hydrazone groups is 1. The molecule has 1 heterocycles. The number of nitrogens with zero attached hydrogens (tertiary/aromatic N) is 2. The molecule has 1 N–H and O–H groups in total. The van der Waals surface area contributed by atoms with Crippen LogP contribution < -0.4 is 0 Å². The molecule has 3 atom stereocenters. The van der Waals surface area contributed by atoms with E-state index in [1.165, 1.54) is 12.8 Å². The molecule has 1 saturated heterocycles. The van der Waals surface area contributed by atoms with Gasteiger partial charge in [0.05, 0.1) is 18.2 Å². The van der Waals surface area contributed by atoms with Crippen molar-refractivity contribution in [2.24, 2.45) is 22.9 Å². The molecule has 0 unspecified atom stereocenters. The van der Waals surface area contributed by atoms with Crippen molar-refractivity contribution in [2.45, 2.75) is 104 Å². The molecule has 0 spiro atoms. The van der Waals surface area contributed by atoms with Crippen LogP contribution in [0.25, 0.3) is 0 Å². The molecule has 4 heteroatoms. The number of methoxy groups -OCH3 is 1. The second kappa shape index (κ2) is 12.8. The van der Waals surface area contributed by atoms with E-state index >= 15 is 0 Å². The van der Waals surface area contributed by atoms with Crippen LogP contribution in [0.3, 0.4) is 0 Å². The Balaban J connectivity index is 2.77. The first-order chi connectivity index (χ1) is 12.9. The van der Waals surface area contributed by atoms with Gasteiger partial charge in [0.15, 0.2) is 0 Å². The quantitative estimate of drug-likeness (QED) is 0.404. The third-order valence-electron chi connectivity index (χ3n) is 6.21. The molecule has 0 saturated carbocycles. The summed E-state index contributed by atoms with van der Waals surface area (Å²) in [6.07, 6.45) is 11.8. The average Bonchev–Trinajstić information content (AvgIpc) is 3.06. The van der Waals surface area contributed by atoms with Gasteiger partial charge in [-0.2, -0.15) is 5.10 Å². The first-order valence-electron chi connectivity index (χ1n) is 11.4. The van der Waals surface area contributed by atoms with Gasteiger partial charge in [-0.25, -0.2) is 0 Å². The van der Waals surface area contributed by atoms with Crippen LogP contribution in [-0.4, -0.2) is 48.2 Å². The first-order valence-corrected chi connectivity index (χ1v) is 11.4. The number of hydrogen-bond donors (Lipinski definition) is 1. The van der Waals surface area contributed by atoms with E-state index in [0.717, 1.165) is 58.1 Å². The maximum atomic E-state index is 11.3. The van der Waals surface area contributed by atoms with Crippen LogP contribution >= 0.6 is 0 Å². The van der Waals surface area contributed by atoms with E-state index in [0.29, 0.717) is 23.8 Å². The molecule has 27 heavy (non-hydrogen) atoms. The monoisotopic (exact) mass is 382 g/mol. The summed E-state index contributed by atoms with van der Waals surface area (Å²) in [5, 5.41) is 18.4. The van der Waals surface area contributed by atoms with Gasteiger partial charge in [-0.05, 0) is 43.9 Å². The van der Waals surface area contributed by atoms with Gasteiger partial charge in [0.1, 0.15) is 0 Å². The molecule has 1 rings (SSSR count). The molecule has 1 aliphatic heterocycles. The second-order valence-electron chi connectivity index (χ2n) is 9.11. The molecule has 1 aliphatic rings. The Morgan fingerprint density at radius 3 is 2.33 bits per heavy atom. The lowest BCUT2D eigenvalue weighted by Crippen LogP contribution is -2.35. The van der Waals surface area contributed by atoms with Gasteiger partial charge in [0.2, 0.25) is 0 Å². The summed E-state index contributed by atoms with van der Waals surface area (Å²) >= 11 is 0. The van der Waals surface area contributed by atoms with Crippen molar-refractivity contribution in [1.29, 1.82) is 0 Å². The molecular formula is C23H46N2O2. The molecule has 4 nitrogen and oxygen atoms in total. The number of hydrogen-bond acceptors (Lipinski definition) is 4. The zero-order valence-electron chi connectivity index (χ0n) is 18.9. The lowest BCUT2D eigenvalue weighted by atomic mass is 9.75. The SMILES string of the molecule is CCCCC(O)(CCCC)C[C@H](C)[C@@H](/C=N/N1CCC[C@H]1COC)C(C)C. The van der Waals surface area contributed by atoms with Crippen molar-refractivity contribution in [1.82, 2.24) is 5.01 Å². The van der Waals surface area contributed by atoms with Gasteiger partial charge in [-0.3, -0.25) is 5.01 Å². The number of unbranched alkanes of at least 4 members (excludes halogenated alkanes) is 2. The lowest BCUT2D eigenvalue weighted by Gasteiger charge is -2.35. The van der Waals surface area contributed by atoms with E-state index in [2.05, 4.69) is 45.8 Å². The second-order valence-corrected chi connectivity index (χ2v) is 9.11. The summed E-state index contributed by atoms with van der Waals surface area (Å²) in [6, 6.07) is 0.417. The fourth-order valence-electron chi connectivity index (χ4n) is 4.55. The zero-order chi connectivity index (χ0) is 20.3. The fourth-order valence-corrected chi connectivity index (χ4v) is 4.55. The smallest absolute Gasteiger partial charge is 0.0704 e. The third-order valence-corrected chi connectivity index (χ3v) is 6.21. The number of ether oxygens (including phenoxy) is 1. The maximum absolute atomic E-state index is 11.3. The normalized spacial score (nSPS) is 20.7. The van der Waals surface area contributed by atoms with E-state index in [1.807, 2.05) is 0 Å². The van der Waals surface area contributed by atoms with Gasteiger partial charge in [-0.15, -0.1) is 0 Å². The Morgan fingerprint density at radius 2 is 1.81 bits per heavy atom. The van der Waals surface area contributed by atoms with E-state index in [4.69, 9.17) is 9.84 Å². The van der Waals surface area contributed by atoms with E-state index in [9.17, 15) is 5.11 Å². The van der Waals surface area contributed by atoms with Crippen LogP contribution in [0.15, 0.2) is 5.10 Å². The zero-order valence-corrected chi connectivity index (χ0v) is 18.9. The molecule has 0 amide bonds. The molecule has 0 aromatic carbocycles. The summed E-state index contributed by atoms with van der Waals surface area (Å²) in [5.74, 6) is 1.34. The standard InChI is InChI=1S/C23H46N2O2/c1-7-9-13-23(26,14-10-8-2)16-20(5)22(19(3)4)17-24-25-15-11-12-21(25)18-27-6/h17,19-22,26H,7-16,18H2,1-6H3/b24-17+/t20-,21-,22-/m0/s1. The highest BCUT2D eigenvalue weighted by molar-refractivity contribution is 5.61. The molecule has 0 aromatic rings. The third kappa shape index (κ3) is 8.51. The first kappa shape index (κ1) is 24.4. The average molecular weight is 383 g/mol. The van der Waals surface area contributed by atoms with Gasteiger partial charge < -0.3 is 9.84 Å². The minimum atomic E-state index is -0.515. The van der Waals surface area contributed by atoms with Crippen LogP contribution in [-0.2, 0) is 4.74 Å². The largest absolute Gasteiger partial charge is 0.390 e. The van der Waals surface area contributed by atoms with Crippen molar-refractivity contribution in [3.63, 3.8) is 0 Å². The van der Waals surface area contributed by atoms with Crippen molar-refractivity contribution in [3.05, 3.63) is 0 Å². The molecule has 0 bridgehead atoms. The summed E-state index contributed by atoms with van der Waals surface area (Å²) in [4.78, 5) is 0. The Kier molecular flexibility index (Phi) is 11.6. The van der Waals surface area contributed by atoms with Crippen molar-refractivity contribution in [3.8, 4) is 0 Å². The van der Waals surface area contributed by atoms with Gasteiger partial charge in [0, 0.05) is 25.8 Å². The van der Waals surface area contributed by atoms with E-state index < -0.39 is 5.60 Å². The Morgan fingerprint density at radius 1 is 1.19 bits per heavy atom. The fraction of sp³-hybridized carbons (Fsp3) is 0.957. The molecule has 1 fully saturated rings. The topological polar surface area (TPSA) is 45.1 Å². The van der Waals surface area contributed by atoms with Crippen molar-refractivity contribution in [2.75, 3.05) is 20.3 Å². The lowest BCUT2D eigenvalue weighted by molar-refractivity contribution is -0.00826. The predicted molar refractivity (Wildman–Crippen MR) is 116 cm³/mol. The Hall–Kier alpha value is -0.610. The van der Waals surface area contributed by atoms with Crippen LogP contribution in [0.4, 0.5) is 0 Å². The van der Waals surface area contributed by atoms with Crippen molar-refractivity contribution < 1.29 is 9.84 Å². The maximum Gasteiger partial charge on any atom is 0.0704 e. The van der Waals surface area contributed by atoms with Gasteiger partial charge in [-0.1, -0.05) is 60.3 Å². The molecule has 0 aliphatic carbocycles. The van der Waals surface area contributed by atoms with Crippen LogP contribution in [0, 0.1) is 17.8 Å². The highest BCUT2D eigenvalue weighted by Crippen LogP contribution is 2.33. The Bertz CT molecular complexity index is 403. The summed E-state index contributed by atoms with van der Waals surface area (Å²) in [7, 11) is 1.77. The molecule has 0 aromatic heterocycles. The van der Waals surface area contributed by atoms with Crippen LogP contribution in [0.1, 0.15) is 92.4 Å². The molecular weight excluding hydrogens is 336 g/mol. The van der Waals surface area contributed by atoms with Crippen LogP contribution in [0.2, 0.25) is 0 Å². The summed E-state index contributed by atoms with van der Waals surface area (Å²) < 4.78 is 5.35. The minimum Gasteiger partial charge on any atom is -0.390 e. The predicted octanol–water partition coefficient (Wildman–Crippen LogP) is 5.49. The van der Waals surface area contributed by atoms with E-state index in [1.54, 1.807) is 7.11 Å². The Labute approximate surface area is 168 Å². The van der Waals surface area contributed by atoms with Gasteiger partial charge in [0.25, 0.3) is 0 Å². The van der Waals surface area contributed by atoms with Gasteiger partial charge >= 0.3 is 0 Å². The molecule has 0 radical (unpaired) electrons. The van der Waals surface area contributed by atoms with E-state index in [-0.39, 0.29) is 0 Å². The number of rotatable bonds is 14.